The van der Waals surface area contributed by atoms with E-state index in [1.54, 1.807) is 28.0 Å². The molecular formula is C30H38N4O5. The van der Waals surface area contributed by atoms with Gasteiger partial charge in [0.05, 0.1) is 20.9 Å². The van der Waals surface area contributed by atoms with Crippen LogP contribution in [0.2, 0.25) is 0 Å². The van der Waals surface area contributed by atoms with Crippen LogP contribution in [0.3, 0.4) is 0 Å². The van der Waals surface area contributed by atoms with Crippen LogP contribution in [0, 0.1) is 0 Å². The van der Waals surface area contributed by atoms with Crippen LogP contribution in [-0.2, 0) is 9.59 Å². The van der Waals surface area contributed by atoms with Gasteiger partial charge in [0.1, 0.15) is 29.1 Å². The molecule has 9 nitrogen and oxygen atoms in total. The van der Waals surface area contributed by atoms with E-state index < -0.39 is 5.54 Å². The number of nitrogens with zero attached hydrogens (tertiary/aromatic N) is 3. The summed E-state index contributed by atoms with van der Waals surface area (Å²) in [7, 11) is 3.06. The Balaban J connectivity index is 1.34. The lowest BCUT2D eigenvalue weighted by Crippen LogP contribution is -2.57. The zero-order valence-electron chi connectivity index (χ0n) is 22.9. The third-order valence-electron chi connectivity index (χ3n) is 8.41. The molecule has 1 aliphatic carbocycles. The van der Waals surface area contributed by atoms with Gasteiger partial charge in [0.2, 0.25) is 5.91 Å². The maximum absolute atomic E-state index is 14.0. The van der Waals surface area contributed by atoms with Crippen LogP contribution in [0.4, 0.5) is 5.69 Å². The van der Waals surface area contributed by atoms with E-state index in [1.165, 1.54) is 20.6 Å². The monoisotopic (exact) mass is 534 g/mol. The Labute approximate surface area is 230 Å². The van der Waals surface area contributed by atoms with Crippen LogP contribution in [0.15, 0.2) is 48.5 Å². The Hall–Kier alpha value is -3.75. The van der Waals surface area contributed by atoms with Crippen molar-refractivity contribution in [1.82, 2.24) is 15.1 Å². The number of benzene rings is 2. The minimum atomic E-state index is -0.811. The highest BCUT2D eigenvalue weighted by Gasteiger charge is 2.54. The Morgan fingerprint density at radius 3 is 2.18 bits per heavy atom. The molecule has 1 spiro atoms. The standard InChI is InChI=1S/C30H38N4O5/c1-38-24-14-9-15-25(39-2)27(24)28(36)32-18-16-30(17-19-32)29(37)33(21-34(30)23-12-7-4-8-13-23)20-26(35)31-22-10-5-3-6-11-22/h4,7-9,12-15,22H,3,5-6,10-11,16-21H2,1-2H3,(H,31,35). The van der Waals surface area contributed by atoms with Crippen molar-refractivity contribution < 1.29 is 23.9 Å². The third kappa shape index (κ3) is 5.27. The zero-order valence-corrected chi connectivity index (χ0v) is 22.9. The number of ether oxygens (including phenoxy) is 2. The van der Waals surface area contributed by atoms with E-state index in [-0.39, 0.29) is 30.3 Å². The third-order valence-corrected chi connectivity index (χ3v) is 8.41. The maximum atomic E-state index is 14.0. The Bertz CT molecular complexity index is 1170. The van der Waals surface area contributed by atoms with Gasteiger partial charge < -0.3 is 29.5 Å². The van der Waals surface area contributed by atoms with E-state index in [0.717, 1.165) is 31.4 Å². The van der Waals surface area contributed by atoms with Crippen LogP contribution in [0.1, 0.15) is 55.3 Å². The van der Waals surface area contributed by atoms with Gasteiger partial charge in [-0.3, -0.25) is 14.4 Å². The normalized spacial score (nSPS) is 19.3. The summed E-state index contributed by atoms with van der Waals surface area (Å²) < 4.78 is 10.9. The highest BCUT2D eigenvalue weighted by Crippen LogP contribution is 2.40. The molecule has 2 heterocycles. The van der Waals surface area contributed by atoms with Crippen molar-refractivity contribution in [3.05, 3.63) is 54.1 Å². The number of rotatable bonds is 7. The molecule has 1 N–H and O–H groups in total. The number of hydrogen-bond donors (Lipinski definition) is 1. The smallest absolute Gasteiger partial charge is 0.261 e. The molecule has 2 aliphatic heterocycles. The molecule has 5 rings (SSSR count). The average Bonchev–Trinajstić information content (AvgIpc) is 3.23. The van der Waals surface area contributed by atoms with Gasteiger partial charge in [0, 0.05) is 24.8 Å². The number of likely N-dealkylation sites (tertiary alicyclic amines) is 1. The van der Waals surface area contributed by atoms with Crippen LogP contribution < -0.4 is 19.7 Å². The molecule has 208 valence electrons. The Kier molecular flexibility index (Phi) is 7.95. The fraction of sp³-hybridized carbons (Fsp3) is 0.500. The molecular weight excluding hydrogens is 496 g/mol. The molecule has 0 radical (unpaired) electrons. The summed E-state index contributed by atoms with van der Waals surface area (Å²) in [6.45, 7) is 1.19. The molecule has 3 aliphatic rings. The van der Waals surface area contributed by atoms with E-state index >= 15 is 0 Å². The highest BCUT2D eigenvalue weighted by atomic mass is 16.5. The number of amides is 3. The topological polar surface area (TPSA) is 91.4 Å². The molecule has 0 aromatic heterocycles. The first kappa shape index (κ1) is 26.8. The van der Waals surface area contributed by atoms with E-state index in [9.17, 15) is 14.4 Å². The molecule has 3 amide bonds. The summed E-state index contributed by atoms with van der Waals surface area (Å²) >= 11 is 0. The SMILES string of the molecule is COc1cccc(OC)c1C(=O)N1CCC2(CC1)C(=O)N(CC(=O)NC1CCCCC1)CN2c1ccccc1. The lowest BCUT2D eigenvalue weighted by atomic mass is 9.85. The summed E-state index contributed by atoms with van der Waals surface area (Å²) in [6.07, 6.45) is 6.41. The number of hydrogen-bond acceptors (Lipinski definition) is 6. The molecule has 2 saturated heterocycles. The van der Waals surface area contributed by atoms with Gasteiger partial charge in [-0.1, -0.05) is 43.5 Å². The molecule has 9 heteroatoms. The highest BCUT2D eigenvalue weighted by molar-refractivity contribution is 6.00. The number of anilines is 1. The summed E-state index contributed by atoms with van der Waals surface area (Å²) in [4.78, 5) is 46.1. The molecule has 0 bridgehead atoms. The quantitative estimate of drug-likeness (QED) is 0.585. The second-order valence-corrected chi connectivity index (χ2v) is 10.7. The maximum Gasteiger partial charge on any atom is 0.261 e. The first-order chi connectivity index (χ1) is 19.0. The summed E-state index contributed by atoms with van der Waals surface area (Å²) in [6, 6.07) is 15.3. The van der Waals surface area contributed by atoms with Gasteiger partial charge in [0.15, 0.2) is 0 Å². The van der Waals surface area contributed by atoms with Crippen LogP contribution in [0.5, 0.6) is 11.5 Å². The van der Waals surface area contributed by atoms with Crippen molar-refractivity contribution in [2.45, 2.75) is 56.5 Å². The lowest BCUT2D eigenvalue weighted by Gasteiger charge is -2.43. The van der Waals surface area contributed by atoms with E-state index in [0.29, 0.717) is 49.7 Å². The van der Waals surface area contributed by atoms with Crippen molar-refractivity contribution in [2.75, 3.05) is 45.4 Å². The Morgan fingerprint density at radius 1 is 0.923 bits per heavy atom. The van der Waals surface area contributed by atoms with Crippen molar-refractivity contribution in [2.24, 2.45) is 0 Å². The van der Waals surface area contributed by atoms with Crippen LogP contribution in [0.25, 0.3) is 0 Å². The number of nitrogens with one attached hydrogen (secondary N) is 1. The fourth-order valence-corrected chi connectivity index (χ4v) is 6.32. The zero-order chi connectivity index (χ0) is 27.4. The summed E-state index contributed by atoms with van der Waals surface area (Å²) in [5, 5.41) is 3.15. The minimum Gasteiger partial charge on any atom is -0.496 e. The van der Waals surface area contributed by atoms with Gasteiger partial charge in [-0.2, -0.15) is 0 Å². The first-order valence-electron chi connectivity index (χ1n) is 13.9. The van der Waals surface area contributed by atoms with Gasteiger partial charge in [-0.25, -0.2) is 0 Å². The number of methoxy groups -OCH3 is 2. The van der Waals surface area contributed by atoms with Crippen LogP contribution in [-0.4, -0.2) is 79.6 Å². The minimum absolute atomic E-state index is 0.0431. The second kappa shape index (κ2) is 11.6. The van der Waals surface area contributed by atoms with E-state index in [2.05, 4.69) is 10.2 Å². The van der Waals surface area contributed by atoms with Crippen molar-refractivity contribution in [1.29, 1.82) is 0 Å². The van der Waals surface area contributed by atoms with E-state index in [1.807, 2.05) is 30.3 Å². The molecule has 2 aromatic carbocycles. The van der Waals surface area contributed by atoms with Gasteiger partial charge >= 0.3 is 0 Å². The Morgan fingerprint density at radius 2 is 1.56 bits per heavy atom. The largest absolute Gasteiger partial charge is 0.496 e. The average molecular weight is 535 g/mol. The second-order valence-electron chi connectivity index (χ2n) is 10.7. The van der Waals surface area contributed by atoms with E-state index in [4.69, 9.17) is 9.47 Å². The van der Waals surface area contributed by atoms with Crippen LogP contribution >= 0.6 is 0 Å². The number of para-hydroxylation sites is 1. The first-order valence-corrected chi connectivity index (χ1v) is 13.9. The molecule has 3 fully saturated rings. The number of piperidine rings is 1. The molecule has 0 unspecified atom stereocenters. The molecule has 0 atom stereocenters. The molecule has 39 heavy (non-hydrogen) atoms. The molecule has 2 aromatic rings. The van der Waals surface area contributed by atoms with Crippen molar-refractivity contribution >= 4 is 23.4 Å². The number of carbonyl (C=O) groups excluding carboxylic acids is 3. The lowest BCUT2D eigenvalue weighted by molar-refractivity contribution is -0.137. The molecule has 1 saturated carbocycles. The van der Waals surface area contributed by atoms with Gasteiger partial charge in [0.25, 0.3) is 11.8 Å². The predicted octanol–water partition coefficient (Wildman–Crippen LogP) is 3.43. The van der Waals surface area contributed by atoms with Crippen molar-refractivity contribution in [3.63, 3.8) is 0 Å². The number of carbonyl (C=O) groups is 3. The van der Waals surface area contributed by atoms with Gasteiger partial charge in [-0.15, -0.1) is 0 Å². The van der Waals surface area contributed by atoms with Gasteiger partial charge in [-0.05, 0) is 49.9 Å². The van der Waals surface area contributed by atoms with Crippen molar-refractivity contribution in [3.8, 4) is 11.5 Å². The summed E-state index contributed by atoms with van der Waals surface area (Å²) in [5.41, 5.74) is 0.512. The predicted molar refractivity (Wildman–Crippen MR) is 148 cm³/mol. The fourth-order valence-electron chi connectivity index (χ4n) is 6.32. The summed E-state index contributed by atoms with van der Waals surface area (Å²) in [5.74, 6) is 0.582.